The first-order chi connectivity index (χ1) is 14.2. The molecule has 30 heavy (non-hydrogen) atoms. The van der Waals surface area contributed by atoms with Crippen molar-refractivity contribution in [1.29, 1.82) is 0 Å². The van der Waals surface area contributed by atoms with E-state index in [1.54, 1.807) is 4.90 Å². The first-order valence-corrected chi connectivity index (χ1v) is 10.1. The van der Waals surface area contributed by atoms with E-state index < -0.39 is 18.1 Å². The second kappa shape index (κ2) is 7.74. The van der Waals surface area contributed by atoms with Crippen LogP contribution < -0.4 is 16.0 Å². The molecule has 160 valence electrons. The molecule has 1 saturated heterocycles. The molecule has 0 aliphatic carbocycles. The number of primary amides is 1. The van der Waals surface area contributed by atoms with Crippen molar-refractivity contribution in [3.63, 3.8) is 0 Å². The summed E-state index contributed by atoms with van der Waals surface area (Å²) in [6.07, 6.45) is -3.82. The molecule has 0 saturated carbocycles. The van der Waals surface area contributed by atoms with Gasteiger partial charge in [-0.05, 0) is 66.8 Å². The van der Waals surface area contributed by atoms with Gasteiger partial charge in [0.2, 0.25) is 0 Å². The molecule has 2 aliphatic rings. The lowest BCUT2D eigenvalue weighted by Crippen LogP contribution is -2.39. The number of hydrogen-bond acceptors (Lipinski definition) is 3. The van der Waals surface area contributed by atoms with Crippen LogP contribution in [0.5, 0.6) is 0 Å². The second-order valence-electron chi connectivity index (χ2n) is 8.10. The van der Waals surface area contributed by atoms with Crippen molar-refractivity contribution >= 4 is 23.1 Å². The van der Waals surface area contributed by atoms with E-state index in [0.717, 1.165) is 33.8 Å². The molecule has 2 aromatic rings. The summed E-state index contributed by atoms with van der Waals surface area (Å²) >= 11 is 0. The minimum atomic E-state index is -4.10. The van der Waals surface area contributed by atoms with Crippen molar-refractivity contribution in [3.8, 4) is 0 Å². The average Bonchev–Trinajstić information content (AvgIpc) is 3.13. The van der Waals surface area contributed by atoms with Crippen molar-refractivity contribution in [3.05, 3.63) is 53.1 Å². The number of urea groups is 1. The monoisotopic (exact) mass is 418 g/mol. The highest BCUT2D eigenvalue weighted by molar-refractivity contribution is 5.73. The standard InChI is InChI=1S/C22H25F3N4O/c1-14-10-19(28-8-6-17(7-9-28)22(23,24)25)4-5-20(14)27-18-3-2-15-12-29(21(26)30)13-16(15)11-18/h2-5,10-11,17,27H,6-9,12-13H2,1H3,(H2,26,30). The molecule has 8 heteroatoms. The van der Waals surface area contributed by atoms with E-state index >= 15 is 0 Å². The van der Waals surface area contributed by atoms with Crippen LogP contribution in [0.3, 0.4) is 0 Å². The van der Waals surface area contributed by atoms with Crippen LogP contribution >= 0.6 is 0 Å². The van der Waals surface area contributed by atoms with Crippen molar-refractivity contribution in [1.82, 2.24) is 4.90 Å². The van der Waals surface area contributed by atoms with Crippen molar-refractivity contribution in [2.24, 2.45) is 11.7 Å². The number of anilines is 3. The van der Waals surface area contributed by atoms with E-state index in [1.165, 1.54) is 0 Å². The van der Waals surface area contributed by atoms with Crippen LogP contribution in [0.2, 0.25) is 0 Å². The molecule has 0 radical (unpaired) electrons. The predicted octanol–water partition coefficient (Wildman–Crippen LogP) is 4.91. The largest absolute Gasteiger partial charge is 0.391 e. The Hall–Kier alpha value is -2.90. The zero-order valence-corrected chi connectivity index (χ0v) is 16.8. The zero-order chi connectivity index (χ0) is 21.5. The number of alkyl halides is 3. The summed E-state index contributed by atoms with van der Waals surface area (Å²) in [6.45, 7) is 3.85. The fourth-order valence-corrected chi connectivity index (χ4v) is 4.23. The lowest BCUT2D eigenvalue weighted by Gasteiger charge is -2.34. The Morgan fingerprint density at radius 2 is 1.77 bits per heavy atom. The van der Waals surface area contributed by atoms with Gasteiger partial charge < -0.3 is 20.9 Å². The van der Waals surface area contributed by atoms with Crippen LogP contribution in [0.25, 0.3) is 0 Å². The summed E-state index contributed by atoms with van der Waals surface area (Å²) in [6, 6.07) is 11.5. The maximum Gasteiger partial charge on any atom is 0.391 e. The van der Waals surface area contributed by atoms with Crippen molar-refractivity contribution < 1.29 is 18.0 Å². The topological polar surface area (TPSA) is 61.6 Å². The highest BCUT2D eigenvalue weighted by Gasteiger charge is 2.41. The third-order valence-corrected chi connectivity index (χ3v) is 6.05. The number of rotatable bonds is 3. The highest BCUT2D eigenvalue weighted by Crippen LogP contribution is 2.36. The average molecular weight is 418 g/mol. The molecule has 0 atom stereocenters. The molecule has 2 amide bonds. The Kier molecular flexibility index (Phi) is 5.26. The fraction of sp³-hybridized carbons (Fsp3) is 0.409. The van der Waals surface area contributed by atoms with E-state index in [-0.39, 0.29) is 12.8 Å². The van der Waals surface area contributed by atoms with E-state index in [0.29, 0.717) is 26.2 Å². The SMILES string of the molecule is Cc1cc(N2CCC(C(F)(F)F)CC2)ccc1Nc1ccc2c(c1)CN(C(N)=O)C2. The molecule has 0 spiro atoms. The molecule has 1 fully saturated rings. The van der Waals surface area contributed by atoms with Crippen molar-refractivity contribution in [2.75, 3.05) is 23.3 Å². The summed E-state index contributed by atoms with van der Waals surface area (Å²) in [5, 5.41) is 3.40. The summed E-state index contributed by atoms with van der Waals surface area (Å²) in [7, 11) is 0. The lowest BCUT2D eigenvalue weighted by molar-refractivity contribution is -0.179. The van der Waals surface area contributed by atoms with Crippen LogP contribution in [-0.2, 0) is 13.1 Å². The maximum absolute atomic E-state index is 12.9. The Balaban J connectivity index is 1.43. The number of nitrogens with two attached hydrogens (primary N) is 1. The first-order valence-electron chi connectivity index (χ1n) is 10.1. The molecule has 2 heterocycles. The fourth-order valence-electron chi connectivity index (χ4n) is 4.23. The van der Waals surface area contributed by atoms with Gasteiger partial charge >= 0.3 is 12.2 Å². The van der Waals surface area contributed by atoms with E-state index in [1.807, 2.05) is 48.2 Å². The molecule has 0 bridgehead atoms. The van der Waals surface area contributed by atoms with E-state index in [2.05, 4.69) is 5.32 Å². The van der Waals surface area contributed by atoms with Gasteiger partial charge in [0.1, 0.15) is 0 Å². The number of fused-ring (bicyclic) bond motifs is 1. The normalized spacial score (nSPS) is 17.2. The minimum absolute atomic E-state index is 0.139. The van der Waals surface area contributed by atoms with Gasteiger partial charge in [0.25, 0.3) is 0 Å². The Morgan fingerprint density at radius 3 is 2.40 bits per heavy atom. The van der Waals surface area contributed by atoms with Gasteiger partial charge in [-0.25, -0.2) is 4.79 Å². The van der Waals surface area contributed by atoms with Gasteiger partial charge in [-0.2, -0.15) is 13.2 Å². The molecule has 2 aliphatic heterocycles. The molecule has 5 nitrogen and oxygen atoms in total. The third-order valence-electron chi connectivity index (χ3n) is 6.05. The van der Waals surface area contributed by atoms with Crippen LogP contribution in [0.1, 0.15) is 29.5 Å². The van der Waals surface area contributed by atoms with Crippen LogP contribution in [0, 0.1) is 12.8 Å². The van der Waals surface area contributed by atoms with Crippen molar-refractivity contribution in [2.45, 2.75) is 39.0 Å². The number of nitrogens with one attached hydrogen (secondary N) is 1. The van der Waals surface area contributed by atoms with Gasteiger partial charge in [-0.15, -0.1) is 0 Å². The summed E-state index contributed by atoms with van der Waals surface area (Å²) < 4.78 is 38.7. The number of carbonyl (C=O) groups excluding carboxylic acids is 1. The number of nitrogens with zero attached hydrogens (tertiary/aromatic N) is 2. The van der Waals surface area contributed by atoms with Crippen LogP contribution in [0.4, 0.5) is 35.0 Å². The number of hydrogen-bond donors (Lipinski definition) is 2. The smallest absolute Gasteiger partial charge is 0.371 e. The van der Waals surface area contributed by atoms with Gasteiger partial charge in [-0.1, -0.05) is 6.07 Å². The number of benzene rings is 2. The number of halogens is 3. The Labute approximate surface area is 173 Å². The summed E-state index contributed by atoms with van der Waals surface area (Å²) in [5.74, 6) is -1.19. The number of amides is 2. The first kappa shape index (κ1) is 20.4. The Morgan fingerprint density at radius 1 is 1.07 bits per heavy atom. The number of carbonyl (C=O) groups is 1. The quantitative estimate of drug-likeness (QED) is 0.744. The van der Waals surface area contributed by atoms with Gasteiger partial charge in [0.05, 0.1) is 5.92 Å². The van der Waals surface area contributed by atoms with Crippen LogP contribution in [0.15, 0.2) is 36.4 Å². The molecule has 0 unspecified atom stereocenters. The maximum atomic E-state index is 12.9. The minimum Gasteiger partial charge on any atom is -0.371 e. The summed E-state index contributed by atoms with van der Waals surface area (Å²) in [5.41, 5.74) is 11.4. The lowest BCUT2D eigenvalue weighted by atomic mass is 9.96. The van der Waals surface area contributed by atoms with E-state index in [4.69, 9.17) is 5.73 Å². The third kappa shape index (κ3) is 4.17. The second-order valence-corrected chi connectivity index (χ2v) is 8.10. The molecule has 3 N–H and O–H groups in total. The highest BCUT2D eigenvalue weighted by atomic mass is 19.4. The predicted molar refractivity (Wildman–Crippen MR) is 111 cm³/mol. The van der Waals surface area contributed by atoms with E-state index in [9.17, 15) is 18.0 Å². The number of aryl methyl sites for hydroxylation is 1. The molecular weight excluding hydrogens is 393 g/mol. The molecule has 2 aromatic carbocycles. The number of piperidine rings is 1. The summed E-state index contributed by atoms with van der Waals surface area (Å²) in [4.78, 5) is 15.0. The molecule has 0 aromatic heterocycles. The molecular formula is C22H25F3N4O. The van der Waals surface area contributed by atoms with Crippen LogP contribution in [-0.4, -0.2) is 30.2 Å². The van der Waals surface area contributed by atoms with Gasteiger partial charge in [0.15, 0.2) is 0 Å². The van der Waals surface area contributed by atoms with Gasteiger partial charge in [0, 0.05) is 43.2 Å². The van der Waals surface area contributed by atoms with Gasteiger partial charge in [-0.3, -0.25) is 0 Å². The molecule has 4 rings (SSSR count). The zero-order valence-electron chi connectivity index (χ0n) is 16.8. The Bertz CT molecular complexity index is 952.